The van der Waals surface area contributed by atoms with Crippen LogP contribution in [0.2, 0.25) is 0 Å². The third-order valence-electron chi connectivity index (χ3n) is 6.48. The molecule has 0 amide bonds. The van der Waals surface area contributed by atoms with Crippen LogP contribution >= 0.6 is 0 Å². The molecule has 7 heteroatoms. The molecule has 3 heterocycles. The lowest BCUT2D eigenvalue weighted by molar-refractivity contribution is -0.167. The van der Waals surface area contributed by atoms with Gasteiger partial charge in [0, 0.05) is 32.1 Å². The maximum Gasteiger partial charge on any atom is 0.326 e. The largest absolute Gasteiger partial charge is 0.376 e. The van der Waals surface area contributed by atoms with Crippen LogP contribution in [0.25, 0.3) is 11.0 Å². The van der Waals surface area contributed by atoms with E-state index in [1.165, 1.54) is 17.7 Å². The average molecular weight is 426 g/mol. The highest BCUT2D eigenvalue weighted by Gasteiger charge is 2.37. The maximum atomic E-state index is 13.5. The van der Waals surface area contributed by atoms with Gasteiger partial charge in [-0.05, 0) is 36.6 Å². The molecule has 164 valence electrons. The number of imidazole rings is 1. The molecule has 2 saturated heterocycles. The second-order valence-electron chi connectivity index (χ2n) is 8.72. The average Bonchev–Trinajstić information content (AvgIpc) is 3.10. The Hall–Kier alpha value is -2.48. The van der Waals surface area contributed by atoms with Crippen molar-refractivity contribution >= 4 is 11.0 Å². The van der Waals surface area contributed by atoms with Gasteiger partial charge < -0.3 is 19.4 Å². The first-order chi connectivity index (χ1) is 15.1. The fourth-order valence-electron chi connectivity index (χ4n) is 5.04. The number of aromatic amines is 1. The van der Waals surface area contributed by atoms with Crippen LogP contribution < -0.4 is 5.69 Å². The van der Waals surface area contributed by atoms with E-state index in [2.05, 4.69) is 34.1 Å². The SMILES string of the molecule is O=c1[nH]c2cc(F)ccc2n1C1CCN(CC2(Cc3ccccc3)COCCO2)CC1. The van der Waals surface area contributed by atoms with Crippen molar-refractivity contribution in [3.63, 3.8) is 0 Å². The molecule has 1 atom stereocenters. The lowest BCUT2D eigenvalue weighted by atomic mass is 9.92. The molecule has 0 spiro atoms. The van der Waals surface area contributed by atoms with Crippen LogP contribution in [0.1, 0.15) is 24.4 Å². The minimum atomic E-state index is -0.346. The van der Waals surface area contributed by atoms with Crippen molar-refractivity contribution in [2.24, 2.45) is 0 Å². The zero-order chi connectivity index (χ0) is 21.3. The van der Waals surface area contributed by atoms with Crippen LogP contribution in [-0.2, 0) is 15.9 Å². The van der Waals surface area contributed by atoms with E-state index in [4.69, 9.17) is 9.47 Å². The van der Waals surface area contributed by atoms with Crippen LogP contribution in [0, 0.1) is 5.82 Å². The topological polar surface area (TPSA) is 59.5 Å². The summed E-state index contributed by atoms with van der Waals surface area (Å²) in [5.41, 5.74) is 2.07. The molecule has 1 aromatic heterocycles. The third-order valence-corrected chi connectivity index (χ3v) is 6.48. The number of aromatic nitrogens is 2. The maximum absolute atomic E-state index is 13.5. The van der Waals surface area contributed by atoms with E-state index in [0.717, 1.165) is 44.4 Å². The zero-order valence-electron chi connectivity index (χ0n) is 17.6. The number of ether oxygens (including phenoxy) is 2. The summed E-state index contributed by atoms with van der Waals surface area (Å²) in [5, 5.41) is 0. The first-order valence-corrected chi connectivity index (χ1v) is 11.0. The standard InChI is InChI=1S/C24H28FN3O3/c25-19-6-7-22-21(14-19)26-23(29)28(22)20-8-10-27(11-9-20)16-24(17-30-12-13-31-24)15-18-4-2-1-3-5-18/h1-7,14,20H,8-13,15-17H2,(H,26,29). The smallest absolute Gasteiger partial charge is 0.326 e. The molecule has 3 aromatic rings. The summed E-state index contributed by atoms with van der Waals surface area (Å²) in [6.45, 7) is 4.42. The summed E-state index contributed by atoms with van der Waals surface area (Å²) in [6.07, 6.45) is 2.56. The van der Waals surface area contributed by atoms with Crippen molar-refractivity contribution in [2.75, 3.05) is 39.5 Å². The predicted molar refractivity (Wildman–Crippen MR) is 117 cm³/mol. The summed E-state index contributed by atoms with van der Waals surface area (Å²) >= 11 is 0. The molecule has 2 aromatic carbocycles. The Balaban J connectivity index is 1.29. The van der Waals surface area contributed by atoms with Crippen LogP contribution in [0.3, 0.4) is 0 Å². The van der Waals surface area contributed by atoms with Gasteiger partial charge in [0.05, 0.1) is 30.9 Å². The molecule has 1 unspecified atom stereocenters. The van der Waals surface area contributed by atoms with Crippen molar-refractivity contribution in [1.29, 1.82) is 0 Å². The Bertz CT molecular complexity index is 1080. The number of rotatable bonds is 5. The molecular weight excluding hydrogens is 397 g/mol. The molecule has 2 aliphatic heterocycles. The summed E-state index contributed by atoms with van der Waals surface area (Å²) < 4.78 is 27.4. The Kier molecular flexibility index (Phi) is 5.65. The van der Waals surface area contributed by atoms with Crippen molar-refractivity contribution in [3.05, 3.63) is 70.4 Å². The minimum absolute atomic E-state index is 0.108. The Labute approximate surface area is 180 Å². The number of nitrogens with one attached hydrogen (secondary N) is 1. The van der Waals surface area contributed by atoms with Crippen molar-refractivity contribution in [3.8, 4) is 0 Å². The van der Waals surface area contributed by atoms with Gasteiger partial charge in [-0.2, -0.15) is 0 Å². The van der Waals surface area contributed by atoms with E-state index in [1.807, 2.05) is 6.07 Å². The highest BCUT2D eigenvalue weighted by atomic mass is 19.1. The van der Waals surface area contributed by atoms with Crippen molar-refractivity contribution in [2.45, 2.75) is 30.9 Å². The lowest BCUT2D eigenvalue weighted by Gasteiger charge is -2.43. The van der Waals surface area contributed by atoms with Gasteiger partial charge in [0.15, 0.2) is 0 Å². The van der Waals surface area contributed by atoms with Gasteiger partial charge in [0.1, 0.15) is 11.4 Å². The third kappa shape index (κ3) is 4.31. The van der Waals surface area contributed by atoms with Crippen LogP contribution in [0.4, 0.5) is 4.39 Å². The molecule has 0 bridgehead atoms. The number of hydrogen-bond donors (Lipinski definition) is 1. The molecule has 2 aliphatic rings. The molecule has 1 N–H and O–H groups in total. The quantitative estimate of drug-likeness (QED) is 0.682. The highest BCUT2D eigenvalue weighted by molar-refractivity contribution is 5.75. The number of fused-ring (bicyclic) bond motifs is 1. The van der Waals surface area contributed by atoms with Crippen LogP contribution in [-0.4, -0.2) is 59.5 Å². The minimum Gasteiger partial charge on any atom is -0.376 e. The first kappa shape index (κ1) is 20.4. The number of halogens is 1. The second-order valence-corrected chi connectivity index (χ2v) is 8.72. The fraction of sp³-hybridized carbons (Fsp3) is 0.458. The molecule has 5 rings (SSSR count). The number of H-pyrrole nitrogens is 1. The zero-order valence-corrected chi connectivity index (χ0v) is 17.6. The van der Waals surface area contributed by atoms with E-state index in [-0.39, 0.29) is 23.1 Å². The molecule has 31 heavy (non-hydrogen) atoms. The summed E-state index contributed by atoms with van der Waals surface area (Å²) in [6, 6.07) is 15.0. The van der Waals surface area contributed by atoms with Gasteiger partial charge in [0.2, 0.25) is 0 Å². The normalized spacial score (nSPS) is 23.4. The Morgan fingerprint density at radius 2 is 1.90 bits per heavy atom. The van der Waals surface area contributed by atoms with Gasteiger partial charge in [0.25, 0.3) is 0 Å². The molecule has 0 radical (unpaired) electrons. The van der Waals surface area contributed by atoms with Gasteiger partial charge in [-0.3, -0.25) is 4.57 Å². The summed E-state index contributed by atoms with van der Waals surface area (Å²) in [7, 11) is 0. The van der Waals surface area contributed by atoms with E-state index < -0.39 is 0 Å². The summed E-state index contributed by atoms with van der Waals surface area (Å²) in [4.78, 5) is 17.8. The van der Waals surface area contributed by atoms with E-state index in [9.17, 15) is 9.18 Å². The lowest BCUT2D eigenvalue weighted by Crippen LogP contribution is -2.54. The first-order valence-electron chi connectivity index (χ1n) is 11.0. The van der Waals surface area contributed by atoms with Gasteiger partial charge in [-0.25, -0.2) is 9.18 Å². The number of likely N-dealkylation sites (tertiary alicyclic amines) is 1. The fourth-order valence-corrected chi connectivity index (χ4v) is 5.04. The van der Waals surface area contributed by atoms with Gasteiger partial charge in [-0.15, -0.1) is 0 Å². The number of benzene rings is 2. The molecule has 2 fully saturated rings. The number of hydrogen-bond acceptors (Lipinski definition) is 4. The number of nitrogens with zero attached hydrogens (tertiary/aromatic N) is 2. The highest BCUT2D eigenvalue weighted by Crippen LogP contribution is 2.29. The predicted octanol–water partition coefficient (Wildman–Crippen LogP) is 3.13. The van der Waals surface area contributed by atoms with Crippen molar-refractivity contribution < 1.29 is 13.9 Å². The van der Waals surface area contributed by atoms with Gasteiger partial charge >= 0.3 is 5.69 Å². The van der Waals surface area contributed by atoms with Crippen LogP contribution in [0.5, 0.6) is 0 Å². The Morgan fingerprint density at radius 1 is 1.10 bits per heavy atom. The van der Waals surface area contributed by atoms with Gasteiger partial charge in [-0.1, -0.05) is 30.3 Å². The molecule has 6 nitrogen and oxygen atoms in total. The molecule has 0 aliphatic carbocycles. The Morgan fingerprint density at radius 3 is 2.65 bits per heavy atom. The van der Waals surface area contributed by atoms with Crippen molar-refractivity contribution in [1.82, 2.24) is 14.5 Å². The van der Waals surface area contributed by atoms with E-state index in [0.29, 0.717) is 25.3 Å². The summed E-state index contributed by atoms with van der Waals surface area (Å²) in [5.74, 6) is -0.339. The van der Waals surface area contributed by atoms with E-state index in [1.54, 1.807) is 10.6 Å². The van der Waals surface area contributed by atoms with E-state index >= 15 is 0 Å². The van der Waals surface area contributed by atoms with Crippen LogP contribution in [0.15, 0.2) is 53.3 Å². The second kappa shape index (κ2) is 8.57. The number of piperidine rings is 1. The molecular formula is C24H28FN3O3. The molecule has 0 saturated carbocycles. The monoisotopic (exact) mass is 425 g/mol.